The molecule has 0 aromatic carbocycles. The minimum absolute atomic E-state index is 0.175. The van der Waals surface area contributed by atoms with Gasteiger partial charge in [-0.1, -0.05) is 6.92 Å². The zero-order valence-electron chi connectivity index (χ0n) is 13.7. The first-order valence-corrected chi connectivity index (χ1v) is 8.32. The van der Waals surface area contributed by atoms with Crippen LogP contribution in [0, 0.1) is 0 Å². The molecule has 2 rings (SSSR count). The third-order valence-corrected chi connectivity index (χ3v) is 3.90. The molecule has 1 aliphatic rings. The molecule has 1 fully saturated rings. The average molecular weight is 356 g/mol. The summed E-state index contributed by atoms with van der Waals surface area (Å²) in [5.74, 6) is 1.06. The Hall–Kier alpha value is -0.650. The molecular formula is C16H26BrN3O. The van der Waals surface area contributed by atoms with Crippen molar-refractivity contribution in [2.24, 2.45) is 0 Å². The van der Waals surface area contributed by atoms with Gasteiger partial charge in [0.05, 0.1) is 11.2 Å². The van der Waals surface area contributed by atoms with Crippen LogP contribution in [0.15, 0.2) is 16.7 Å². The highest BCUT2D eigenvalue weighted by molar-refractivity contribution is 9.10. The molecule has 1 aliphatic heterocycles. The second kappa shape index (κ2) is 6.23. The molecule has 1 saturated heterocycles. The van der Waals surface area contributed by atoms with E-state index < -0.39 is 0 Å². The molecule has 4 nitrogen and oxygen atoms in total. The van der Waals surface area contributed by atoms with Crippen LogP contribution in [0.25, 0.3) is 0 Å². The van der Waals surface area contributed by atoms with Gasteiger partial charge in [-0.2, -0.15) is 0 Å². The fourth-order valence-corrected chi connectivity index (χ4v) is 3.46. The van der Waals surface area contributed by atoms with Crippen LogP contribution >= 0.6 is 15.9 Å². The lowest BCUT2D eigenvalue weighted by Gasteiger charge is -2.48. The molecule has 1 N–H and O–H groups in total. The van der Waals surface area contributed by atoms with Crippen molar-refractivity contribution in [3.05, 3.63) is 22.3 Å². The maximum Gasteiger partial charge on any atom is 0.133 e. The summed E-state index contributed by atoms with van der Waals surface area (Å²) in [6.07, 6.45) is 1.88. The number of hydrogen-bond donors (Lipinski definition) is 1. The van der Waals surface area contributed by atoms with Crippen LogP contribution in [-0.4, -0.2) is 35.8 Å². The number of ether oxygens (including phenoxy) is 1. The zero-order valence-corrected chi connectivity index (χ0v) is 15.2. The van der Waals surface area contributed by atoms with Gasteiger partial charge in [-0.05, 0) is 56.2 Å². The standard InChI is InChI=1S/C16H26BrN3O/c1-6-18-8-12-7-13(17)9-19-14(12)20-10-15(2,3)21-16(4,5)11-20/h7,9,18H,6,8,10-11H2,1-5H3. The van der Waals surface area contributed by atoms with Gasteiger partial charge in [0, 0.05) is 35.9 Å². The van der Waals surface area contributed by atoms with Crippen molar-refractivity contribution in [3.8, 4) is 0 Å². The van der Waals surface area contributed by atoms with E-state index >= 15 is 0 Å². The Balaban J connectivity index is 2.31. The van der Waals surface area contributed by atoms with E-state index in [-0.39, 0.29) is 11.2 Å². The number of pyridine rings is 1. The number of hydrogen-bond acceptors (Lipinski definition) is 4. The Morgan fingerprint density at radius 1 is 1.29 bits per heavy atom. The van der Waals surface area contributed by atoms with Crippen LogP contribution in [0.1, 0.15) is 40.2 Å². The van der Waals surface area contributed by atoms with Crippen LogP contribution in [0.3, 0.4) is 0 Å². The van der Waals surface area contributed by atoms with Crippen LogP contribution in [0.2, 0.25) is 0 Å². The summed E-state index contributed by atoms with van der Waals surface area (Å²) in [7, 11) is 0. The number of aromatic nitrogens is 1. The van der Waals surface area contributed by atoms with Crippen molar-refractivity contribution in [1.29, 1.82) is 0 Å². The molecule has 1 aromatic rings. The Bertz CT molecular complexity index is 486. The van der Waals surface area contributed by atoms with Crippen LogP contribution < -0.4 is 10.2 Å². The molecule has 2 heterocycles. The summed E-state index contributed by atoms with van der Waals surface area (Å²) in [6, 6.07) is 2.15. The van der Waals surface area contributed by atoms with Gasteiger partial charge in [0.15, 0.2) is 0 Å². The molecule has 0 spiro atoms. The Labute approximate surface area is 136 Å². The Morgan fingerprint density at radius 2 is 1.90 bits per heavy atom. The van der Waals surface area contributed by atoms with E-state index in [9.17, 15) is 0 Å². The average Bonchev–Trinajstić information content (AvgIpc) is 2.32. The summed E-state index contributed by atoms with van der Waals surface area (Å²) in [6.45, 7) is 14.2. The van der Waals surface area contributed by atoms with Crippen molar-refractivity contribution in [1.82, 2.24) is 10.3 Å². The molecule has 0 amide bonds. The van der Waals surface area contributed by atoms with E-state index in [1.54, 1.807) is 0 Å². The molecule has 118 valence electrons. The second-order valence-corrected chi connectivity index (χ2v) is 7.81. The first kappa shape index (κ1) is 16.7. The van der Waals surface area contributed by atoms with Crippen molar-refractivity contribution in [2.45, 2.75) is 52.4 Å². The summed E-state index contributed by atoms with van der Waals surface area (Å²) in [4.78, 5) is 7.02. The number of anilines is 1. The number of rotatable bonds is 4. The van der Waals surface area contributed by atoms with Crippen LogP contribution in [0.5, 0.6) is 0 Å². The molecule has 0 radical (unpaired) electrons. The third-order valence-electron chi connectivity index (χ3n) is 3.47. The molecule has 0 unspecified atom stereocenters. The fraction of sp³-hybridized carbons (Fsp3) is 0.688. The normalized spacial score (nSPS) is 20.6. The quantitative estimate of drug-likeness (QED) is 0.898. The number of halogens is 1. The molecule has 0 aliphatic carbocycles. The number of nitrogens with one attached hydrogen (secondary N) is 1. The molecule has 5 heteroatoms. The molecule has 1 aromatic heterocycles. The maximum absolute atomic E-state index is 6.16. The van der Waals surface area contributed by atoms with Gasteiger partial charge in [-0.25, -0.2) is 4.98 Å². The molecule has 21 heavy (non-hydrogen) atoms. The highest BCUT2D eigenvalue weighted by atomic mass is 79.9. The highest BCUT2D eigenvalue weighted by Gasteiger charge is 2.39. The van der Waals surface area contributed by atoms with Crippen molar-refractivity contribution in [3.63, 3.8) is 0 Å². The smallest absolute Gasteiger partial charge is 0.133 e. The maximum atomic E-state index is 6.16. The van der Waals surface area contributed by atoms with E-state index in [4.69, 9.17) is 4.74 Å². The van der Waals surface area contributed by atoms with E-state index in [1.807, 2.05) is 6.20 Å². The lowest BCUT2D eigenvalue weighted by atomic mass is 9.98. The third kappa shape index (κ3) is 4.41. The zero-order chi connectivity index (χ0) is 15.7. The van der Waals surface area contributed by atoms with Crippen molar-refractivity contribution >= 4 is 21.7 Å². The molecular weight excluding hydrogens is 330 g/mol. The predicted molar refractivity (Wildman–Crippen MR) is 90.8 cm³/mol. The van der Waals surface area contributed by atoms with Gasteiger partial charge in [0.25, 0.3) is 0 Å². The SMILES string of the molecule is CCNCc1cc(Br)cnc1N1CC(C)(C)OC(C)(C)C1. The van der Waals surface area contributed by atoms with Gasteiger partial charge >= 0.3 is 0 Å². The largest absolute Gasteiger partial charge is 0.366 e. The van der Waals surface area contributed by atoms with Crippen LogP contribution in [-0.2, 0) is 11.3 Å². The lowest BCUT2D eigenvalue weighted by molar-refractivity contribution is -0.133. The first-order chi connectivity index (χ1) is 9.72. The van der Waals surface area contributed by atoms with E-state index in [1.165, 1.54) is 5.56 Å². The minimum atomic E-state index is -0.175. The Morgan fingerprint density at radius 3 is 2.48 bits per heavy atom. The monoisotopic (exact) mass is 355 g/mol. The van der Waals surface area contributed by atoms with Gasteiger partial charge in [0.2, 0.25) is 0 Å². The lowest BCUT2D eigenvalue weighted by Crippen LogP contribution is -2.57. The first-order valence-electron chi connectivity index (χ1n) is 7.53. The summed E-state index contributed by atoms with van der Waals surface area (Å²) < 4.78 is 7.18. The predicted octanol–water partition coefficient (Wildman–Crippen LogP) is 3.35. The van der Waals surface area contributed by atoms with Gasteiger partial charge in [-0.3, -0.25) is 0 Å². The van der Waals surface area contributed by atoms with Gasteiger partial charge in [-0.15, -0.1) is 0 Å². The van der Waals surface area contributed by atoms with Crippen LogP contribution in [0.4, 0.5) is 5.82 Å². The topological polar surface area (TPSA) is 37.4 Å². The highest BCUT2D eigenvalue weighted by Crippen LogP contribution is 2.32. The molecule has 0 saturated carbocycles. The molecule has 0 bridgehead atoms. The summed E-state index contributed by atoms with van der Waals surface area (Å²) in [5, 5.41) is 3.39. The molecule has 0 atom stereocenters. The minimum Gasteiger partial charge on any atom is -0.366 e. The van der Waals surface area contributed by atoms with E-state index in [2.05, 4.69) is 71.8 Å². The van der Waals surface area contributed by atoms with Gasteiger partial charge < -0.3 is 15.0 Å². The number of morpholine rings is 1. The number of nitrogens with zero attached hydrogens (tertiary/aromatic N) is 2. The van der Waals surface area contributed by atoms with Crippen molar-refractivity contribution < 1.29 is 4.74 Å². The summed E-state index contributed by atoms with van der Waals surface area (Å²) >= 11 is 3.52. The second-order valence-electron chi connectivity index (χ2n) is 6.89. The van der Waals surface area contributed by atoms with Crippen molar-refractivity contribution in [2.75, 3.05) is 24.5 Å². The summed E-state index contributed by atoms with van der Waals surface area (Å²) in [5.41, 5.74) is 0.873. The Kier molecular flexibility index (Phi) is 4.96. The van der Waals surface area contributed by atoms with E-state index in [0.29, 0.717) is 0 Å². The van der Waals surface area contributed by atoms with Gasteiger partial charge in [0.1, 0.15) is 5.82 Å². The van der Waals surface area contributed by atoms with E-state index in [0.717, 1.165) is 36.5 Å². The fourth-order valence-electron chi connectivity index (χ4n) is 3.09.